The van der Waals surface area contributed by atoms with Crippen molar-refractivity contribution >= 4 is 28.5 Å². The molecule has 0 N–H and O–H groups in total. The van der Waals surface area contributed by atoms with E-state index in [1.807, 2.05) is 44.2 Å². The van der Waals surface area contributed by atoms with Crippen molar-refractivity contribution in [2.24, 2.45) is 0 Å². The molecule has 23 heavy (non-hydrogen) atoms. The third kappa shape index (κ3) is 3.14. The summed E-state index contributed by atoms with van der Waals surface area (Å²) in [7, 11) is 1.32. The minimum atomic E-state index is -0.507. The van der Waals surface area contributed by atoms with Gasteiger partial charge in [-0.05, 0) is 31.7 Å². The van der Waals surface area contributed by atoms with E-state index in [1.54, 1.807) is 0 Å². The highest BCUT2D eigenvalue weighted by Crippen LogP contribution is 2.30. The highest BCUT2D eigenvalue weighted by Gasteiger charge is 2.17. The van der Waals surface area contributed by atoms with E-state index in [1.165, 1.54) is 18.9 Å². The Morgan fingerprint density at radius 3 is 2.35 bits per heavy atom. The lowest BCUT2D eigenvalue weighted by Gasteiger charge is -2.07. The Bertz CT molecular complexity index is 878. The molecular formula is C16H14N4O2S. The molecule has 3 aromatic rings. The zero-order valence-corrected chi connectivity index (χ0v) is 13.7. The molecule has 0 amide bonds. The SMILES string of the molecule is COC(=O)c1nnc(Sc2nc(C)cc(C)n2)c2ccccc12. The van der Waals surface area contributed by atoms with Gasteiger partial charge >= 0.3 is 5.97 Å². The predicted molar refractivity (Wildman–Crippen MR) is 86.5 cm³/mol. The molecule has 0 atom stereocenters. The normalized spacial score (nSPS) is 10.7. The first kappa shape index (κ1) is 15.4. The van der Waals surface area contributed by atoms with Crippen molar-refractivity contribution in [3.63, 3.8) is 0 Å². The number of ether oxygens (including phenoxy) is 1. The molecule has 0 saturated carbocycles. The van der Waals surface area contributed by atoms with E-state index in [9.17, 15) is 4.79 Å². The molecule has 0 saturated heterocycles. The van der Waals surface area contributed by atoms with Crippen LogP contribution in [0, 0.1) is 13.8 Å². The summed E-state index contributed by atoms with van der Waals surface area (Å²) < 4.78 is 4.76. The van der Waals surface area contributed by atoms with Crippen LogP contribution in [-0.4, -0.2) is 33.2 Å². The number of rotatable bonds is 3. The Kier molecular flexibility index (Phi) is 4.20. The first-order valence-corrected chi connectivity index (χ1v) is 7.74. The van der Waals surface area contributed by atoms with E-state index in [-0.39, 0.29) is 5.69 Å². The molecule has 2 heterocycles. The van der Waals surface area contributed by atoms with Gasteiger partial charge in [0, 0.05) is 22.2 Å². The summed E-state index contributed by atoms with van der Waals surface area (Å²) in [4.78, 5) is 20.6. The summed E-state index contributed by atoms with van der Waals surface area (Å²) >= 11 is 1.33. The number of methoxy groups -OCH3 is 1. The smallest absolute Gasteiger partial charge is 0.359 e. The van der Waals surface area contributed by atoms with Crippen molar-refractivity contribution in [1.82, 2.24) is 20.2 Å². The molecule has 1 aromatic carbocycles. The second-order valence-electron chi connectivity index (χ2n) is 4.93. The molecular weight excluding hydrogens is 312 g/mol. The standard InChI is InChI=1S/C16H14N4O2S/c1-9-8-10(2)18-16(17-9)23-14-12-7-5-4-6-11(12)13(19-20-14)15(21)22-3/h4-8H,1-3H3. The van der Waals surface area contributed by atoms with Crippen LogP contribution >= 0.6 is 11.8 Å². The molecule has 0 unspecified atom stereocenters. The van der Waals surface area contributed by atoms with Crippen LogP contribution in [0.3, 0.4) is 0 Å². The number of carbonyl (C=O) groups is 1. The fourth-order valence-electron chi connectivity index (χ4n) is 2.23. The number of nitrogens with zero attached hydrogens (tertiary/aromatic N) is 4. The van der Waals surface area contributed by atoms with Crippen molar-refractivity contribution in [1.29, 1.82) is 0 Å². The van der Waals surface area contributed by atoms with Crippen LogP contribution in [0.25, 0.3) is 10.8 Å². The van der Waals surface area contributed by atoms with Crippen LogP contribution in [0.1, 0.15) is 21.9 Å². The Balaban J connectivity index is 2.10. The zero-order valence-electron chi connectivity index (χ0n) is 12.9. The molecule has 116 valence electrons. The number of carbonyl (C=O) groups excluding carboxylic acids is 1. The Morgan fingerprint density at radius 1 is 1.04 bits per heavy atom. The fourth-order valence-corrected chi connectivity index (χ4v) is 3.15. The lowest BCUT2D eigenvalue weighted by Crippen LogP contribution is -2.07. The molecule has 6 nitrogen and oxygen atoms in total. The molecule has 0 bridgehead atoms. The molecule has 0 radical (unpaired) electrons. The first-order chi connectivity index (χ1) is 11.1. The molecule has 0 aliphatic carbocycles. The summed E-state index contributed by atoms with van der Waals surface area (Å²) in [6, 6.07) is 9.36. The molecule has 0 aliphatic rings. The number of aromatic nitrogens is 4. The quantitative estimate of drug-likeness (QED) is 0.541. The van der Waals surface area contributed by atoms with Crippen molar-refractivity contribution in [3.8, 4) is 0 Å². The monoisotopic (exact) mass is 326 g/mol. The van der Waals surface area contributed by atoms with Crippen molar-refractivity contribution in [2.75, 3.05) is 7.11 Å². The second-order valence-corrected chi connectivity index (χ2v) is 5.88. The first-order valence-electron chi connectivity index (χ1n) is 6.92. The van der Waals surface area contributed by atoms with Gasteiger partial charge in [0.05, 0.1) is 7.11 Å². The number of fused-ring (bicyclic) bond motifs is 1. The van der Waals surface area contributed by atoms with Crippen LogP contribution in [0.15, 0.2) is 40.5 Å². The highest BCUT2D eigenvalue weighted by molar-refractivity contribution is 7.99. The highest BCUT2D eigenvalue weighted by atomic mass is 32.2. The van der Waals surface area contributed by atoms with Crippen LogP contribution < -0.4 is 0 Å². The van der Waals surface area contributed by atoms with Crippen molar-refractivity contribution < 1.29 is 9.53 Å². The van der Waals surface area contributed by atoms with E-state index in [0.29, 0.717) is 15.6 Å². The second kappa shape index (κ2) is 6.29. The number of hydrogen-bond donors (Lipinski definition) is 0. The Labute approximate surface area is 137 Å². The maximum atomic E-state index is 11.8. The molecule has 0 aliphatic heterocycles. The van der Waals surface area contributed by atoms with E-state index >= 15 is 0 Å². The summed E-state index contributed by atoms with van der Waals surface area (Å²) in [5, 5.41) is 10.9. The summed E-state index contributed by atoms with van der Waals surface area (Å²) in [6.07, 6.45) is 0. The molecule has 0 fully saturated rings. The number of esters is 1. The Hall–Kier alpha value is -2.54. The van der Waals surface area contributed by atoms with Gasteiger partial charge in [-0.2, -0.15) is 0 Å². The van der Waals surface area contributed by atoms with Gasteiger partial charge in [-0.25, -0.2) is 14.8 Å². The third-order valence-corrected chi connectivity index (χ3v) is 4.04. The van der Waals surface area contributed by atoms with E-state index < -0.39 is 5.97 Å². The van der Waals surface area contributed by atoms with E-state index in [2.05, 4.69) is 20.2 Å². The Morgan fingerprint density at radius 2 is 1.70 bits per heavy atom. The third-order valence-electron chi connectivity index (χ3n) is 3.18. The average Bonchev–Trinajstić information content (AvgIpc) is 2.53. The summed E-state index contributed by atoms with van der Waals surface area (Å²) in [5.74, 6) is -0.507. The lowest BCUT2D eigenvalue weighted by atomic mass is 10.1. The topological polar surface area (TPSA) is 77.9 Å². The van der Waals surface area contributed by atoms with Crippen LogP contribution in [0.5, 0.6) is 0 Å². The molecule has 0 spiro atoms. The molecule has 7 heteroatoms. The molecule has 2 aromatic heterocycles. The number of aryl methyl sites for hydroxylation is 2. The van der Waals surface area contributed by atoms with Gasteiger partial charge in [-0.1, -0.05) is 24.3 Å². The van der Waals surface area contributed by atoms with Crippen LogP contribution in [0.4, 0.5) is 0 Å². The number of hydrogen-bond acceptors (Lipinski definition) is 7. The predicted octanol–water partition coefficient (Wildman–Crippen LogP) is 2.97. The minimum absolute atomic E-state index is 0.203. The maximum Gasteiger partial charge on any atom is 0.359 e. The summed E-state index contributed by atoms with van der Waals surface area (Å²) in [6.45, 7) is 3.84. The van der Waals surface area contributed by atoms with Crippen LogP contribution in [-0.2, 0) is 4.74 Å². The van der Waals surface area contributed by atoms with E-state index in [4.69, 9.17) is 4.74 Å². The van der Waals surface area contributed by atoms with Gasteiger partial charge in [0.25, 0.3) is 0 Å². The lowest BCUT2D eigenvalue weighted by molar-refractivity contribution is 0.0595. The van der Waals surface area contributed by atoms with Gasteiger partial charge in [0.15, 0.2) is 10.9 Å². The maximum absolute atomic E-state index is 11.8. The van der Waals surface area contributed by atoms with Gasteiger partial charge < -0.3 is 4.74 Å². The van der Waals surface area contributed by atoms with Gasteiger partial charge in [0.1, 0.15) is 5.03 Å². The average molecular weight is 326 g/mol. The van der Waals surface area contributed by atoms with Crippen molar-refractivity contribution in [2.45, 2.75) is 24.0 Å². The zero-order chi connectivity index (χ0) is 16.4. The number of benzene rings is 1. The van der Waals surface area contributed by atoms with Crippen LogP contribution in [0.2, 0.25) is 0 Å². The van der Waals surface area contributed by atoms with Gasteiger partial charge in [0.2, 0.25) is 0 Å². The fraction of sp³-hybridized carbons (Fsp3) is 0.188. The van der Waals surface area contributed by atoms with Crippen molar-refractivity contribution in [3.05, 3.63) is 47.4 Å². The largest absolute Gasteiger partial charge is 0.464 e. The van der Waals surface area contributed by atoms with Gasteiger partial charge in [-0.15, -0.1) is 10.2 Å². The minimum Gasteiger partial charge on any atom is -0.464 e. The van der Waals surface area contributed by atoms with E-state index in [0.717, 1.165) is 16.8 Å². The molecule has 3 rings (SSSR count). The van der Waals surface area contributed by atoms with Gasteiger partial charge in [-0.3, -0.25) is 0 Å². The summed E-state index contributed by atoms with van der Waals surface area (Å²) in [5.41, 5.74) is 1.99.